The summed E-state index contributed by atoms with van der Waals surface area (Å²) in [6.07, 6.45) is 0.281. The van der Waals surface area contributed by atoms with Crippen molar-refractivity contribution < 1.29 is 14.5 Å². The van der Waals surface area contributed by atoms with Crippen LogP contribution >= 0.6 is 11.8 Å². The second kappa shape index (κ2) is 10.4. The normalized spacial score (nSPS) is 10.4. The molecule has 0 aliphatic heterocycles. The highest BCUT2D eigenvalue weighted by molar-refractivity contribution is 8.00. The van der Waals surface area contributed by atoms with Gasteiger partial charge in [-0.25, -0.2) is 0 Å². The molecule has 2 amide bonds. The number of nitro groups is 1. The average Bonchev–Trinajstić information content (AvgIpc) is 2.74. The molecule has 0 aromatic heterocycles. The zero-order valence-corrected chi connectivity index (χ0v) is 17.6. The molecule has 7 nitrogen and oxygen atoms in total. The zero-order valence-electron chi connectivity index (χ0n) is 16.8. The predicted molar refractivity (Wildman–Crippen MR) is 122 cm³/mol. The molecule has 2 N–H and O–H groups in total. The minimum Gasteiger partial charge on any atom is -0.326 e. The second-order valence-electron chi connectivity index (χ2n) is 6.83. The van der Waals surface area contributed by atoms with Crippen LogP contribution < -0.4 is 10.6 Å². The van der Waals surface area contributed by atoms with Crippen molar-refractivity contribution in [3.63, 3.8) is 0 Å². The van der Waals surface area contributed by atoms with Crippen LogP contribution in [0.25, 0.3) is 0 Å². The largest absolute Gasteiger partial charge is 0.326 e. The highest BCUT2D eigenvalue weighted by atomic mass is 32.2. The number of amides is 2. The van der Waals surface area contributed by atoms with Gasteiger partial charge in [-0.2, -0.15) is 0 Å². The first kappa shape index (κ1) is 22.0. The summed E-state index contributed by atoms with van der Waals surface area (Å²) in [5, 5.41) is 16.5. The van der Waals surface area contributed by atoms with Gasteiger partial charge in [0.25, 0.3) is 5.69 Å². The van der Waals surface area contributed by atoms with Crippen molar-refractivity contribution in [1.29, 1.82) is 0 Å². The minimum absolute atomic E-state index is 0.0764. The zero-order chi connectivity index (χ0) is 22.2. The highest BCUT2D eigenvalue weighted by Crippen LogP contribution is 2.24. The molecular formula is C23H21N3O4S. The molecule has 0 saturated carbocycles. The number of carbonyl (C=O) groups is 2. The highest BCUT2D eigenvalue weighted by Gasteiger charge is 2.12. The first-order valence-electron chi connectivity index (χ1n) is 9.52. The fraction of sp³-hybridized carbons (Fsp3) is 0.130. The molecule has 0 aliphatic rings. The van der Waals surface area contributed by atoms with Crippen molar-refractivity contribution in [2.75, 3.05) is 16.4 Å². The van der Waals surface area contributed by atoms with E-state index in [4.69, 9.17) is 0 Å². The van der Waals surface area contributed by atoms with Crippen LogP contribution in [0, 0.1) is 17.0 Å². The van der Waals surface area contributed by atoms with Crippen molar-refractivity contribution in [3.8, 4) is 0 Å². The van der Waals surface area contributed by atoms with Crippen LogP contribution in [0.2, 0.25) is 0 Å². The van der Waals surface area contributed by atoms with Gasteiger partial charge in [0.1, 0.15) is 0 Å². The molecule has 0 bridgehead atoms. The number of thioether (sulfide) groups is 1. The van der Waals surface area contributed by atoms with E-state index in [2.05, 4.69) is 10.6 Å². The molecular weight excluding hydrogens is 414 g/mol. The van der Waals surface area contributed by atoms with Crippen LogP contribution in [0.5, 0.6) is 0 Å². The van der Waals surface area contributed by atoms with E-state index in [-0.39, 0.29) is 29.7 Å². The topological polar surface area (TPSA) is 101 Å². The Morgan fingerprint density at radius 3 is 2.45 bits per heavy atom. The molecule has 0 fully saturated rings. The summed E-state index contributed by atoms with van der Waals surface area (Å²) in [4.78, 5) is 35.8. The number of nitro benzene ring substituents is 1. The van der Waals surface area contributed by atoms with Gasteiger partial charge >= 0.3 is 0 Å². The Kier molecular flexibility index (Phi) is 7.40. The number of hydrogen-bond donors (Lipinski definition) is 2. The van der Waals surface area contributed by atoms with Crippen molar-refractivity contribution in [3.05, 3.63) is 94.0 Å². The lowest BCUT2D eigenvalue weighted by Gasteiger charge is -2.09. The number of benzene rings is 3. The van der Waals surface area contributed by atoms with Crippen molar-refractivity contribution in [1.82, 2.24) is 0 Å². The Hall–Kier alpha value is -3.65. The molecule has 3 rings (SSSR count). The van der Waals surface area contributed by atoms with Crippen LogP contribution in [0.15, 0.2) is 77.7 Å². The smallest absolute Gasteiger partial charge is 0.271 e. The summed E-state index contributed by atoms with van der Waals surface area (Å²) in [6.45, 7) is 1.77. The van der Waals surface area contributed by atoms with E-state index < -0.39 is 4.92 Å². The first-order valence-corrected chi connectivity index (χ1v) is 10.5. The maximum Gasteiger partial charge on any atom is 0.271 e. The van der Waals surface area contributed by atoms with Crippen LogP contribution in [0.3, 0.4) is 0 Å². The number of non-ortho nitro benzene ring substituents is 1. The lowest BCUT2D eigenvalue weighted by molar-refractivity contribution is -0.384. The third kappa shape index (κ3) is 6.68. The van der Waals surface area contributed by atoms with E-state index in [1.54, 1.807) is 25.1 Å². The van der Waals surface area contributed by atoms with E-state index >= 15 is 0 Å². The molecule has 0 radical (unpaired) electrons. The summed E-state index contributed by atoms with van der Waals surface area (Å²) in [6, 6.07) is 21.1. The number of nitrogens with zero attached hydrogens (tertiary/aromatic N) is 1. The molecule has 8 heteroatoms. The van der Waals surface area contributed by atoms with E-state index in [1.807, 2.05) is 42.5 Å². The number of hydrogen-bond acceptors (Lipinski definition) is 5. The Balaban J connectivity index is 1.55. The number of aryl methyl sites for hydroxylation is 1. The van der Waals surface area contributed by atoms with Crippen molar-refractivity contribution >= 4 is 40.6 Å². The molecule has 0 unspecified atom stereocenters. The summed E-state index contributed by atoms with van der Waals surface area (Å²) in [5.74, 6) is -0.261. The number of nitrogens with one attached hydrogen (secondary N) is 2. The molecule has 0 aliphatic carbocycles. The Bertz CT molecular complexity index is 1100. The van der Waals surface area contributed by atoms with Gasteiger partial charge in [0, 0.05) is 22.7 Å². The monoisotopic (exact) mass is 435 g/mol. The minimum atomic E-state index is -0.499. The quantitative estimate of drug-likeness (QED) is 0.300. The summed E-state index contributed by atoms with van der Waals surface area (Å²) in [7, 11) is 0. The Morgan fingerprint density at radius 2 is 1.71 bits per heavy atom. The van der Waals surface area contributed by atoms with Gasteiger partial charge in [-0.1, -0.05) is 42.5 Å². The molecule has 3 aromatic carbocycles. The van der Waals surface area contributed by atoms with E-state index in [1.165, 1.54) is 23.9 Å². The van der Waals surface area contributed by atoms with E-state index in [9.17, 15) is 19.7 Å². The maximum atomic E-state index is 12.3. The lowest BCUT2D eigenvalue weighted by atomic mass is 10.1. The Labute approximate surface area is 184 Å². The molecule has 0 heterocycles. The van der Waals surface area contributed by atoms with Crippen molar-refractivity contribution in [2.24, 2.45) is 0 Å². The van der Waals surface area contributed by atoms with Crippen LogP contribution in [-0.4, -0.2) is 22.5 Å². The molecule has 0 atom stereocenters. The van der Waals surface area contributed by atoms with E-state index in [0.717, 1.165) is 16.0 Å². The van der Waals surface area contributed by atoms with Gasteiger partial charge in [-0.15, -0.1) is 11.8 Å². The van der Waals surface area contributed by atoms with Crippen LogP contribution in [-0.2, 0) is 16.0 Å². The first-order chi connectivity index (χ1) is 14.9. The number of carbonyl (C=O) groups excluding carboxylic acids is 2. The molecule has 0 saturated heterocycles. The third-order valence-electron chi connectivity index (χ3n) is 4.40. The predicted octanol–water partition coefficient (Wildman–Crippen LogP) is 4.82. The van der Waals surface area contributed by atoms with Gasteiger partial charge < -0.3 is 10.6 Å². The molecule has 0 spiro atoms. The second-order valence-corrected chi connectivity index (χ2v) is 7.88. The third-order valence-corrected chi connectivity index (χ3v) is 5.40. The van der Waals surface area contributed by atoms with Crippen LogP contribution in [0.1, 0.15) is 11.1 Å². The average molecular weight is 436 g/mol. The standard InChI is InChI=1S/C23H21N3O4S/c1-16-10-11-19(26(29)30)14-21(16)25-23(28)15-31-20-9-5-8-18(13-20)24-22(27)12-17-6-3-2-4-7-17/h2-11,13-14H,12,15H2,1H3,(H,24,27)(H,25,28). The van der Waals surface area contributed by atoms with Gasteiger partial charge in [0.05, 0.1) is 22.8 Å². The Morgan fingerprint density at radius 1 is 0.935 bits per heavy atom. The van der Waals surface area contributed by atoms with Gasteiger partial charge in [-0.05, 0) is 36.2 Å². The van der Waals surface area contributed by atoms with Gasteiger partial charge in [0.2, 0.25) is 11.8 Å². The molecule has 3 aromatic rings. The van der Waals surface area contributed by atoms with Gasteiger partial charge in [0.15, 0.2) is 0 Å². The molecule has 31 heavy (non-hydrogen) atoms. The number of anilines is 2. The van der Waals surface area contributed by atoms with Crippen molar-refractivity contribution in [2.45, 2.75) is 18.2 Å². The fourth-order valence-corrected chi connectivity index (χ4v) is 3.60. The maximum absolute atomic E-state index is 12.3. The summed E-state index contributed by atoms with van der Waals surface area (Å²) < 4.78 is 0. The SMILES string of the molecule is Cc1ccc([N+](=O)[O-])cc1NC(=O)CSc1cccc(NC(=O)Cc2ccccc2)c1. The number of rotatable bonds is 8. The summed E-state index contributed by atoms with van der Waals surface area (Å²) >= 11 is 1.31. The van der Waals surface area contributed by atoms with Gasteiger partial charge in [-0.3, -0.25) is 19.7 Å². The summed E-state index contributed by atoms with van der Waals surface area (Å²) in [5.41, 5.74) is 2.67. The molecule has 158 valence electrons. The fourth-order valence-electron chi connectivity index (χ4n) is 2.84. The van der Waals surface area contributed by atoms with E-state index in [0.29, 0.717) is 11.4 Å². The lowest BCUT2D eigenvalue weighted by Crippen LogP contribution is -2.15. The van der Waals surface area contributed by atoms with Crippen LogP contribution in [0.4, 0.5) is 17.1 Å².